The highest BCUT2D eigenvalue weighted by Gasteiger charge is 2.41. The highest BCUT2D eigenvalue weighted by atomic mass is 35.5. The highest BCUT2D eigenvalue weighted by Crippen LogP contribution is 2.39. The van der Waals surface area contributed by atoms with E-state index in [-0.39, 0.29) is 38.5 Å². The summed E-state index contributed by atoms with van der Waals surface area (Å²) >= 11 is 12.7. The fourth-order valence-electron chi connectivity index (χ4n) is 4.48. The lowest BCUT2D eigenvalue weighted by Gasteiger charge is -2.33. The highest BCUT2D eigenvalue weighted by molar-refractivity contribution is 6.33. The Kier molecular flexibility index (Phi) is 7.39. The number of ether oxygens (including phenoxy) is 1. The maximum atomic E-state index is 13.3. The van der Waals surface area contributed by atoms with Gasteiger partial charge < -0.3 is 14.7 Å². The van der Waals surface area contributed by atoms with E-state index in [1.165, 1.54) is 0 Å². The number of nitrogens with zero attached hydrogens (tertiary/aromatic N) is 5. The zero-order valence-corrected chi connectivity index (χ0v) is 21.8. The Morgan fingerprint density at radius 3 is 2.34 bits per heavy atom. The average molecular weight is 566 g/mol. The average Bonchev–Trinajstić information content (AvgIpc) is 3.26. The van der Waals surface area contributed by atoms with Crippen LogP contribution in [0.25, 0.3) is 28.2 Å². The molecule has 2 aromatic heterocycles. The van der Waals surface area contributed by atoms with Gasteiger partial charge in [-0.15, -0.1) is 0 Å². The van der Waals surface area contributed by atoms with Gasteiger partial charge >= 0.3 is 12.2 Å². The maximum absolute atomic E-state index is 13.3. The van der Waals surface area contributed by atoms with Crippen LogP contribution in [0.2, 0.25) is 10.0 Å². The molecule has 3 heterocycles. The van der Waals surface area contributed by atoms with Crippen LogP contribution in [0.1, 0.15) is 19.8 Å². The quantitative estimate of drug-likeness (QED) is 0.294. The second-order valence-corrected chi connectivity index (χ2v) is 10.0. The van der Waals surface area contributed by atoms with Crippen molar-refractivity contribution >= 4 is 40.2 Å². The van der Waals surface area contributed by atoms with Crippen molar-refractivity contribution in [1.29, 1.82) is 0 Å². The third kappa shape index (κ3) is 5.39. The molecule has 1 aliphatic rings. The van der Waals surface area contributed by atoms with Crippen molar-refractivity contribution in [2.24, 2.45) is 5.92 Å². The van der Waals surface area contributed by atoms with Crippen LogP contribution in [0.15, 0.2) is 48.5 Å². The normalized spacial score (nSPS) is 15.7. The third-order valence-electron chi connectivity index (χ3n) is 6.38. The Morgan fingerprint density at radius 1 is 1.03 bits per heavy atom. The molecule has 0 radical (unpaired) electrons. The first-order chi connectivity index (χ1) is 18.1. The van der Waals surface area contributed by atoms with Gasteiger partial charge in [-0.05, 0) is 56.2 Å². The van der Waals surface area contributed by atoms with Crippen LogP contribution in [0.5, 0.6) is 6.01 Å². The van der Waals surface area contributed by atoms with Crippen LogP contribution < -0.4 is 9.64 Å². The first-order valence-corrected chi connectivity index (χ1v) is 12.8. The first-order valence-electron chi connectivity index (χ1n) is 12.1. The zero-order valence-electron chi connectivity index (χ0n) is 20.3. The summed E-state index contributed by atoms with van der Waals surface area (Å²) < 4.78 is 47.5. The summed E-state index contributed by atoms with van der Waals surface area (Å²) in [5, 5.41) is 10.8. The van der Waals surface area contributed by atoms with Gasteiger partial charge in [-0.1, -0.05) is 35.3 Å². The fraction of sp³-hybridized carbons (Fsp3) is 0.346. The maximum Gasteiger partial charge on any atom is 0.391 e. The molecular formula is C26H24Cl2F3N5O2. The minimum absolute atomic E-state index is 0.0211. The molecule has 0 bridgehead atoms. The molecule has 5 rings (SSSR count). The summed E-state index contributed by atoms with van der Waals surface area (Å²) in [7, 11) is 0. The van der Waals surface area contributed by atoms with Crippen molar-refractivity contribution in [2.75, 3.05) is 24.6 Å². The van der Waals surface area contributed by atoms with Crippen molar-refractivity contribution in [3.63, 3.8) is 0 Å². The number of benzene rings is 2. The molecule has 0 saturated carbocycles. The molecule has 1 saturated heterocycles. The van der Waals surface area contributed by atoms with Gasteiger partial charge in [-0.2, -0.15) is 23.1 Å². The van der Waals surface area contributed by atoms with Gasteiger partial charge in [-0.3, -0.25) is 4.57 Å². The van der Waals surface area contributed by atoms with Crippen LogP contribution in [-0.2, 0) is 0 Å². The number of imidazole rings is 1. The van der Waals surface area contributed by atoms with E-state index in [1.807, 2.05) is 12.1 Å². The molecule has 4 aromatic rings. The lowest BCUT2D eigenvalue weighted by Crippen LogP contribution is -2.39. The summed E-state index contributed by atoms with van der Waals surface area (Å²) in [6.45, 7) is 1.78. The Morgan fingerprint density at radius 2 is 1.71 bits per heavy atom. The third-order valence-corrected chi connectivity index (χ3v) is 6.96. The number of aliphatic hydroxyl groups is 1. The van der Waals surface area contributed by atoms with Gasteiger partial charge in [0, 0.05) is 29.4 Å². The molecule has 1 atom stereocenters. The number of hydrogen-bond acceptors (Lipinski definition) is 6. The Hall–Kier alpha value is -3.08. The number of anilines is 1. The minimum Gasteiger partial charge on any atom is -0.461 e. The second kappa shape index (κ2) is 10.6. The number of rotatable bonds is 6. The van der Waals surface area contributed by atoms with Crippen molar-refractivity contribution in [3.05, 3.63) is 58.6 Å². The van der Waals surface area contributed by atoms with Crippen LogP contribution in [0.4, 0.5) is 19.0 Å². The number of aliphatic hydroxyl groups excluding tert-OH is 1. The topological polar surface area (TPSA) is 76.3 Å². The smallest absolute Gasteiger partial charge is 0.391 e. The lowest BCUT2D eigenvalue weighted by molar-refractivity contribution is -0.179. The van der Waals surface area contributed by atoms with Gasteiger partial charge in [0.25, 0.3) is 0 Å². The van der Waals surface area contributed by atoms with Crippen LogP contribution in [-0.4, -0.2) is 56.6 Å². The van der Waals surface area contributed by atoms with Crippen molar-refractivity contribution in [1.82, 2.24) is 19.5 Å². The molecule has 1 aliphatic heterocycles. The standard InChI is InChI=1S/C26H24Cl2F3N5O2/c1-15(37)14-38-25-33-23(35-12-10-16(11-13-35)26(29,30)31)21-24(34-25)36(18-8-6-17(27)7-9-18)22(32-21)19-4-2-3-5-20(19)28/h2-9,15-16,37H,10-14H2,1H3. The van der Waals surface area contributed by atoms with Gasteiger partial charge in [-0.25, -0.2) is 4.98 Å². The number of aromatic nitrogens is 4. The molecule has 1 unspecified atom stereocenters. The molecule has 0 amide bonds. The number of fused-ring (bicyclic) bond motifs is 1. The van der Waals surface area contributed by atoms with Gasteiger partial charge in [0.15, 0.2) is 17.0 Å². The molecule has 1 fully saturated rings. The Bertz CT molecular complexity index is 1440. The van der Waals surface area contributed by atoms with E-state index in [2.05, 4.69) is 9.97 Å². The molecular weight excluding hydrogens is 542 g/mol. The molecule has 2 aromatic carbocycles. The Balaban J connectivity index is 1.71. The largest absolute Gasteiger partial charge is 0.461 e. The summed E-state index contributed by atoms with van der Waals surface area (Å²) in [6, 6.07) is 14.2. The summed E-state index contributed by atoms with van der Waals surface area (Å²) in [4.78, 5) is 15.8. The summed E-state index contributed by atoms with van der Waals surface area (Å²) in [5.74, 6) is -0.536. The van der Waals surface area contributed by atoms with Gasteiger partial charge in [0.1, 0.15) is 12.4 Å². The van der Waals surface area contributed by atoms with E-state index in [0.717, 1.165) is 0 Å². The lowest BCUT2D eigenvalue weighted by atomic mass is 9.96. The fourth-order valence-corrected chi connectivity index (χ4v) is 4.83. The van der Waals surface area contributed by atoms with E-state index in [0.29, 0.717) is 44.1 Å². The summed E-state index contributed by atoms with van der Waals surface area (Å²) in [6.07, 6.45) is -5.14. The second-order valence-electron chi connectivity index (χ2n) is 9.19. The number of alkyl halides is 3. The van der Waals surface area contributed by atoms with E-state index in [4.69, 9.17) is 32.9 Å². The number of halogens is 5. The Labute approximate surface area is 226 Å². The first kappa shape index (κ1) is 26.5. The van der Waals surface area contributed by atoms with Gasteiger partial charge in [0.2, 0.25) is 0 Å². The van der Waals surface area contributed by atoms with E-state index in [1.54, 1.807) is 52.8 Å². The van der Waals surface area contributed by atoms with Crippen LogP contribution in [0, 0.1) is 5.92 Å². The number of hydrogen-bond donors (Lipinski definition) is 1. The zero-order chi connectivity index (χ0) is 27.0. The monoisotopic (exact) mass is 565 g/mol. The van der Waals surface area contributed by atoms with Crippen LogP contribution in [0.3, 0.4) is 0 Å². The van der Waals surface area contributed by atoms with Gasteiger partial charge in [0.05, 0.1) is 17.0 Å². The number of piperidine rings is 1. The van der Waals surface area contributed by atoms with Crippen molar-refractivity contribution in [2.45, 2.75) is 32.0 Å². The molecule has 7 nitrogen and oxygen atoms in total. The molecule has 1 N–H and O–H groups in total. The van der Waals surface area contributed by atoms with E-state index >= 15 is 0 Å². The van der Waals surface area contributed by atoms with Crippen molar-refractivity contribution in [3.8, 4) is 23.1 Å². The SMILES string of the molecule is CC(O)COc1nc(N2CCC(C(F)(F)F)CC2)c2nc(-c3ccccc3Cl)n(-c3ccc(Cl)cc3)c2n1. The molecule has 0 aliphatic carbocycles. The van der Waals surface area contributed by atoms with E-state index < -0.39 is 18.2 Å². The minimum atomic E-state index is -4.24. The van der Waals surface area contributed by atoms with E-state index in [9.17, 15) is 18.3 Å². The summed E-state index contributed by atoms with van der Waals surface area (Å²) in [5.41, 5.74) is 2.10. The molecule has 0 spiro atoms. The molecule has 12 heteroatoms. The molecule has 38 heavy (non-hydrogen) atoms. The van der Waals surface area contributed by atoms with Crippen molar-refractivity contribution < 1.29 is 23.0 Å². The predicted octanol–water partition coefficient (Wildman–Crippen LogP) is 6.33. The van der Waals surface area contributed by atoms with Crippen LogP contribution >= 0.6 is 23.2 Å². The predicted molar refractivity (Wildman–Crippen MR) is 140 cm³/mol. The molecule has 200 valence electrons.